The van der Waals surface area contributed by atoms with E-state index in [0.29, 0.717) is 11.3 Å². The second-order valence-corrected chi connectivity index (χ2v) is 5.24. The van der Waals surface area contributed by atoms with Gasteiger partial charge in [-0.3, -0.25) is 4.98 Å². The Hall–Kier alpha value is -1.88. The highest BCUT2D eigenvalue weighted by atomic mass is 32.1. The van der Waals surface area contributed by atoms with Crippen LogP contribution in [0.15, 0.2) is 29.9 Å². The first-order chi connectivity index (χ1) is 8.75. The van der Waals surface area contributed by atoms with E-state index in [0.717, 1.165) is 19.5 Å². The van der Waals surface area contributed by atoms with E-state index in [1.807, 2.05) is 0 Å². The quantitative estimate of drug-likeness (QED) is 0.901. The highest BCUT2D eigenvalue weighted by Crippen LogP contribution is 2.29. The van der Waals surface area contributed by atoms with Crippen molar-refractivity contribution in [3.63, 3.8) is 0 Å². The van der Waals surface area contributed by atoms with Gasteiger partial charge >= 0.3 is 5.97 Å². The van der Waals surface area contributed by atoms with Gasteiger partial charge in [-0.2, -0.15) is 0 Å². The lowest BCUT2D eigenvalue weighted by molar-refractivity contribution is 0.0697. The van der Waals surface area contributed by atoms with Gasteiger partial charge in [0.1, 0.15) is 0 Å². The van der Waals surface area contributed by atoms with Gasteiger partial charge in [0.25, 0.3) is 0 Å². The zero-order valence-corrected chi connectivity index (χ0v) is 10.5. The Morgan fingerprint density at radius 3 is 3.17 bits per heavy atom. The first kappa shape index (κ1) is 11.2. The summed E-state index contributed by atoms with van der Waals surface area (Å²) in [7, 11) is 0. The highest BCUT2D eigenvalue weighted by molar-refractivity contribution is 7.10. The summed E-state index contributed by atoms with van der Waals surface area (Å²) in [5.41, 5.74) is 2.33. The number of anilines is 1. The number of aromatic carboxylic acids is 1. The maximum Gasteiger partial charge on any atom is 0.337 e. The standard InChI is InChI=1S/C13H12N2O2S/c16-13(17)10-1-4-14-7-11(10)15-5-2-12-9(8-15)3-6-18-12/h1,3-4,6-7H,2,5,8H2,(H,16,17). The van der Waals surface area contributed by atoms with Crippen molar-refractivity contribution in [1.82, 2.24) is 4.98 Å². The Bertz CT molecular complexity index is 594. The molecule has 0 saturated heterocycles. The summed E-state index contributed by atoms with van der Waals surface area (Å²) < 4.78 is 0. The van der Waals surface area contributed by atoms with Crippen LogP contribution in [0.3, 0.4) is 0 Å². The van der Waals surface area contributed by atoms with Crippen molar-refractivity contribution in [2.24, 2.45) is 0 Å². The maximum atomic E-state index is 11.2. The fraction of sp³-hybridized carbons (Fsp3) is 0.231. The van der Waals surface area contributed by atoms with Crippen LogP contribution in [0, 0.1) is 0 Å². The van der Waals surface area contributed by atoms with Crippen LogP contribution in [0.5, 0.6) is 0 Å². The minimum Gasteiger partial charge on any atom is -0.478 e. The molecule has 3 heterocycles. The molecule has 92 valence electrons. The summed E-state index contributed by atoms with van der Waals surface area (Å²) in [4.78, 5) is 18.7. The third-order valence-electron chi connectivity index (χ3n) is 3.18. The molecular formula is C13H12N2O2S. The van der Waals surface area contributed by atoms with Crippen molar-refractivity contribution in [2.75, 3.05) is 11.4 Å². The van der Waals surface area contributed by atoms with E-state index in [4.69, 9.17) is 0 Å². The first-order valence-corrected chi connectivity index (χ1v) is 6.61. The Morgan fingerprint density at radius 2 is 2.33 bits per heavy atom. The van der Waals surface area contributed by atoms with Crippen molar-refractivity contribution in [3.8, 4) is 0 Å². The molecule has 0 bridgehead atoms. The van der Waals surface area contributed by atoms with Crippen LogP contribution in [-0.4, -0.2) is 22.6 Å². The topological polar surface area (TPSA) is 53.4 Å². The lowest BCUT2D eigenvalue weighted by atomic mass is 10.1. The van der Waals surface area contributed by atoms with Gasteiger partial charge in [-0.25, -0.2) is 4.79 Å². The third kappa shape index (κ3) is 1.86. The van der Waals surface area contributed by atoms with E-state index in [1.165, 1.54) is 16.6 Å². The molecular weight excluding hydrogens is 248 g/mol. The molecule has 0 fully saturated rings. The number of hydrogen-bond donors (Lipinski definition) is 1. The van der Waals surface area contributed by atoms with E-state index < -0.39 is 5.97 Å². The molecule has 2 aromatic rings. The smallest absolute Gasteiger partial charge is 0.337 e. The summed E-state index contributed by atoms with van der Waals surface area (Å²) in [6.07, 6.45) is 4.13. The minimum absolute atomic E-state index is 0.323. The SMILES string of the molecule is O=C(O)c1ccncc1N1CCc2sccc2C1. The zero-order valence-electron chi connectivity index (χ0n) is 9.67. The lowest BCUT2D eigenvalue weighted by Crippen LogP contribution is -2.30. The predicted octanol–water partition coefficient (Wildman–Crippen LogP) is 2.40. The molecule has 0 unspecified atom stereocenters. The molecule has 1 N–H and O–H groups in total. The molecule has 5 heteroatoms. The average Bonchev–Trinajstić information content (AvgIpc) is 2.85. The Labute approximate surface area is 109 Å². The van der Waals surface area contributed by atoms with Crippen LogP contribution in [0.4, 0.5) is 5.69 Å². The molecule has 0 saturated carbocycles. The number of aromatic nitrogens is 1. The second kappa shape index (κ2) is 4.42. The van der Waals surface area contributed by atoms with Gasteiger partial charge in [0.2, 0.25) is 0 Å². The molecule has 1 aliphatic heterocycles. The molecule has 3 rings (SSSR count). The fourth-order valence-corrected chi connectivity index (χ4v) is 3.16. The van der Waals surface area contributed by atoms with E-state index in [1.54, 1.807) is 23.6 Å². The van der Waals surface area contributed by atoms with Crippen molar-refractivity contribution in [1.29, 1.82) is 0 Å². The summed E-state index contributed by atoms with van der Waals surface area (Å²) >= 11 is 1.77. The van der Waals surface area contributed by atoms with Gasteiger partial charge in [-0.05, 0) is 29.5 Å². The first-order valence-electron chi connectivity index (χ1n) is 5.73. The molecule has 0 amide bonds. The monoisotopic (exact) mass is 260 g/mol. The van der Waals surface area contributed by atoms with Crippen molar-refractivity contribution < 1.29 is 9.90 Å². The number of rotatable bonds is 2. The number of carboxylic acids is 1. The molecule has 0 aliphatic carbocycles. The predicted molar refractivity (Wildman–Crippen MR) is 70.3 cm³/mol. The second-order valence-electron chi connectivity index (χ2n) is 4.24. The van der Waals surface area contributed by atoms with Crippen molar-refractivity contribution in [2.45, 2.75) is 13.0 Å². The van der Waals surface area contributed by atoms with Crippen LogP contribution >= 0.6 is 11.3 Å². The normalized spacial score (nSPS) is 14.3. The van der Waals surface area contributed by atoms with Gasteiger partial charge in [0.15, 0.2) is 0 Å². The van der Waals surface area contributed by atoms with Gasteiger partial charge in [0.05, 0.1) is 17.4 Å². The molecule has 0 spiro atoms. The molecule has 0 aromatic carbocycles. The van der Waals surface area contributed by atoms with E-state index in [2.05, 4.69) is 21.3 Å². The van der Waals surface area contributed by atoms with E-state index in [9.17, 15) is 9.90 Å². The van der Waals surface area contributed by atoms with Crippen LogP contribution in [-0.2, 0) is 13.0 Å². The Balaban J connectivity index is 1.95. The Kier molecular flexibility index (Phi) is 2.76. The van der Waals surface area contributed by atoms with Gasteiger partial charge in [-0.1, -0.05) is 0 Å². The highest BCUT2D eigenvalue weighted by Gasteiger charge is 2.21. The largest absolute Gasteiger partial charge is 0.478 e. The van der Waals surface area contributed by atoms with Crippen LogP contribution in [0.1, 0.15) is 20.8 Å². The number of nitrogens with zero attached hydrogens (tertiary/aromatic N) is 2. The average molecular weight is 260 g/mol. The number of hydrogen-bond acceptors (Lipinski definition) is 4. The maximum absolute atomic E-state index is 11.2. The van der Waals surface area contributed by atoms with E-state index in [-0.39, 0.29) is 0 Å². The van der Waals surface area contributed by atoms with Crippen LogP contribution in [0.25, 0.3) is 0 Å². The minimum atomic E-state index is -0.900. The molecule has 0 atom stereocenters. The molecule has 1 aliphatic rings. The lowest BCUT2D eigenvalue weighted by Gasteiger charge is -2.29. The molecule has 4 nitrogen and oxygen atoms in total. The van der Waals surface area contributed by atoms with Crippen LogP contribution < -0.4 is 4.90 Å². The summed E-state index contributed by atoms with van der Waals surface area (Å²) in [6.45, 7) is 1.62. The fourth-order valence-electron chi connectivity index (χ4n) is 2.27. The molecule has 18 heavy (non-hydrogen) atoms. The number of carbonyl (C=O) groups is 1. The number of pyridine rings is 1. The summed E-state index contributed by atoms with van der Waals surface area (Å²) in [6, 6.07) is 3.67. The van der Waals surface area contributed by atoms with Gasteiger partial charge < -0.3 is 10.0 Å². The number of fused-ring (bicyclic) bond motifs is 1. The Morgan fingerprint density at radius 1 is 1.44 bits per heavy atom. The summed E-state index contributed by atoms with van der Waals surface area (Å²) in [5, 5.41) is 11.3. The zero-order chi connectivity index (χ0) is 12.5. The summed E-state index contributed by atoms with van der Waals surface area (Å²) in [5.74, 6) is -0.900. The molecule has 0 radical (unpaired) electrons. The van der Waals surface area contributed by atoms with Gasteiger partial charge in [0, 0.05) is 24.2 Å². The van der Waals surface area contributed by atoms with Crippen LogP contribution in [0.2, 0.25) is 0 Å². The number of carboxylic acid groups (broad SMARTS) is 1. The molecule has 2 aromatic heterocycles. The van der Waals surface area contributed by atoms with E-state index >= 15 is 0 Å². The third-order valence-corrected chi connectivity index (χ3v) is 4.20. The van der Waals surface area contributed by atoms with Crippen molar-refractivity contribution in [3.05, 3.63) is 45.9 Å². The van der Waals surface area contributed by atoms with Crippen molar-refractivity contribution >= 4 is 23.0 Å². The van der Waals surface area contributed by atoms with Gasteiger partial charge in [-0.15, -0.1) is 11.3 Å². The number of thiophene rings is 1.